The lowest BCUT2D eigenvalue weighted by molar-refractivity contribution is 0.0526. The number of aromatic nitrogens is 2. The third-order valence-corrected chi connectivity index (χ3v) is 7.86. The van der Waals surface area contributed by atoms with Crippen LogP contribution in [-0.2, 0) is 21.3 Å². The van der Waals surface area contributed by atoms with Gasteiger partial charge in [-0.1, -0.05) is 30.3 Å². The third kappa shape index (κ3) is 7.23. The molecule has 0 bridgehead atoms. The quantitative estimate of drug-likeness (QED) is 0.222. The van der Waals surface area contributed by atoms with Gasteiger partial charge in [-0.2, -0.15) is 0 Å². The summed E-state index contributed by atoms with van der Waals surface area (Å²) in [6.07, 6.45) is 1.64. The summed E-state index contributed by atoms with van der Waals surface area (Å²) in [6, 6.07) is 20.2. The minimum Gasteiger partial charge on any atom is -0.462 e. The number of nitrogens with one attached hydrogen (secondary N) is 2. The number of sulfonamides is 1. The SMILES string of the molecule is CCOC(=O)c1ccc2ncn(CCC(C)(C)NCC(O)c3cccc(NS(=O)(=O)c4ccccc4)c3)c2c1. The second-order valence-corrected chi connectivity index (χ2v) is 11.6. The highest BCUT2D eigenvalue weighted by Gasteiger charge is 2.21. The maximum Gasteiger partial charge on any atom is 0.338 e. The predicted octanol–water partition coefficient (Wildman–Crippen LogP) is 4.51. The van der Waals surface area contributed by atoms with Crippen molar-refractivity contribution in [2.24, 2.45) is 0 Å². The number of ether oxygens (including phenoxy) is 1. The van der Waals surface area contributed by atoms with Crippen LogP contribution in [-0.4, -0.2) is 47.7 Å². The zero-order valence-electron chi connectivity index (χ0n) is 22.3. The van der Waals surface area contributed by atoms with Crippen molar-refractivity contribution in [3.63, 3.8) is 0 Å². The predicted molar refractivity (Wildman–Crippen MR) is 151 cm³/mol. The van der Waals surface area contributed by atoms with E-state index in [9.17, 15) is 18.3 Å². The standard InChI is InChI=1S/C29H34N4O5S/c1-4-38-28(35)22-13-14-25-26(18-22)33(20-30-25)16-15-29(2,3)31-19-27(34)21-9-8-10-23(17-21)32-39(36,37)24-11-6-5-7-12-24/h5-14,17-18,20,27,31-32,34H,4,15-16,19H2,1-3H3. The second kappa shape index (κ2) is 12.0. The monoisotopic (exact) mass is 550 g/mol. The zero-order chi connectivity index (χ0) is 28.0. The van der Waals surface area contributed by atoms with Crippen molar-refractivity contribution < 1.29 is 23.1 Å². The fraction of sp³-hybridized carbons (Fsp3) is 0.310. The number of hydrogen-bond acceptors (Lipinski definition) is 7. The van der Waals surface area contributed by atoms with E-state index in [2.05, 4.69) is 15.0 Å². The molecule has 0 aliphatic rings. The average molecular weight is 551 g/mol. The van der Waals surface area contributed by atoms with Gasteiger partial charge in [-0.15, -0.1) is 0 Å². The Morgan fingerprint density at radius 2 is 1.85 bits per heavy atom. The molecule has 9 nitrogen and oxygen atoms in total. The Kier molecular flexibility index (Phi) is 8.69. The Hall–Kier alpha value is -3.73. The van der Waals surface area contributed by atoms with Crippen LogP contribution in [0.2, 0.25) is 0 Å². The van der Waals surface area contributed by atoms with Gasteiger partial charge in [-0.05, 0) is 75.2 Å². The largest absolute Gasteiger partial charge is 0.462 e. The van der Waals surface area contributed by atoms with Crippen LogP contribution in [0.3, 0.4) is 0 Å². The first-order valence-corrected chi connectivity index (χ1v) is 14.3. The van der Waals surface area contributed by atoms with E-state index in [-0.39, 0.29) is 22.9 Å². The molecule has 1 aromatic heterocycles. The summed E-state index contributed by atoms with van der Waals surface area (Å²) in [7, 11) is -3.73. The van der Waals surface area contributed by atoms with Crippen LogP contribution in [0.15, 0.2) is 84.0 Å². The highest BCUT2D eigenvalue weighted by Crippen LogP contribution is 2.22. The molecule has 39 heavy (non-hydrogen) atoms. The number of aryl methyl sites for hydroxylation is 1. The molecule has 0 amide bonds. The maximum absolute atomic E-state index is 12.7. The van der Waals surface area contributed by atoms with E-state index < -0.39 is 16.1 Å². The molecule has 0 saturated carbocycles. The highest BCUT2D eigenvalue weighted by molar-refractivity contribution is 7.92. The normalized spacial score (nSPS) is 12.8. The summed E-state index contributed by atoms with van der Waals surface area (Å²) in [5.41, 5.74) is 2.78. The average Bonchev–Trinajstić information content (AvgIpc) is 3.33. The van der Waals surface area contributed by atoms with Crippen molar-refractivity contribution in [2.45, 2.75) is 50.3 Å². The van der Waals surface area contributed by atoms with E-state index in [0.29, 0.717) is 30.0 Å². The van der Waals surface area contributed by atoms with Gasteiger partial charge in [-0.25, -0.2) is 18.2 Å². The van der Waals surface area contributed by atoms with E-state index >= 15 is 0 Å². The van der Waals surface area contributed by atoms with E-state index in [4.69, 9.17) is 4.74 Å². The summed E-state index contributed by atoms with van der Waals surface area (Å²) in [5.74, 6) is -0.361. The van der Waals surface area contributed by atoms with Crippen molar-refractivity contribution >= 4 is 32.7 Å². The summed E-state index contributed by atoms with van der Waals surface area (Å²) in [5, 5.41) is 14.3. The van der Waals surface area contributed by atoms with Crippen molar-refractivity contribution in [2.75, 3.05) is 17.9 Å². The number of imidazole rings is 1. The second-order valence-electron chi connectivity index (χ2n) is 9.94. The fourth-order valence-electron chi connectivity index (χ4n) is 4.18. The van der Waals surface area contributed by atoms with Crippen LogP contribution >= 0.6 is 0 Å². The molecular formula is C29H34N4O5S. The molecule has 0 spiro atoms. The van der Waals surface area contributed by atoms with Gasteiger partial charge in [0.05, 0.1) is 40.5 Å². The summed E-state index contributed by atoms with van der Waals surface area (Å²) < 4.78 is 35.0. The lowest BCUT2D eigenvalue weighted by Crippen LogP contribution is -2.42. The van der Waals surface area contributed by atoms with Gasteiger partial charge in [0.2, 0.25) is 0 Å². The number of fused-ring (bicyclic) bond motifs is 1. The Balaban J connectivity index is 1.36. The molecule has 4 aromatic rings. The lowest BCUT2D eigenvalue weighted by Gasteiger charge is -2.28. The number of aliphatic hydroxyl groups is 1. The van der Waals surface area contributed by atoms with Crippen LogP contribution in [0.25, 0.3) is 11.0 Å². The number of β-amino-alcohol motifs (C(OH)–C–C–N with tert-alkyl or cyclic N) is 1. The Labute approximate surface area is 228 Å². The number of esters is 1. The number of carbonyl (C=O) groups is 1. The van der Waals surface area contributed by atoms with Gasteiger partial charge in [0, 0.05) is 24.3 Å². The van der Waals surface area contributed by atoms with Gasteiger partial charge in [0.15, 0.2) is 0 Å². The molecule has 0 fully saturated rings. The molecule has 10 heteroatoms. The highest BCUT2D eigenvalue weighted by atomic mass is 32.2. The van der Waals surface area contributed by atoms with Crippen LogP contribution in [0, 0.1) is 0 Å². The van der Waals surface area contributed by atoms with Crippen LogP contribution in [0.1, 0.15) is 49.2 Å². The summed E-state index contributed by atoms with van der Waals surface area (Å²) in [4.78, 5) is 16.7. The zero-order valence-corrected chi connectivity index (χ0v) is 23.1. The molecule has 0 aliphatic heterocycles. The molecule has 1 atom stereocenters. The van der Waals surface area contributed by atoms with Gasteiger partial charge in [0.25, 0.3) is 10.0 Å². The van der Waals surface area contributed by atoms with Crippen LogP contribution in [0.4, 0.5) is 5.69 Å². The van der Waals surface area contributed by atoms with Gasteiger partial charge < -0.3 is 19.7 Å². The number of nitrogens with zero attached hydrogens (tertiary/aromatic N) is 2. The minimum atomic E-state index is -3.73. The molecule has 1 heterocycles. The van der Waals surface area contributed by atoms with Gasteiger partial charge in [-0.3, -0.25) is 4.72 Å². The molecule has 206 valence electrons. The smallest absolute Gasteiger partial charge is 0.338 e. The summed E-state index contributed by atoms with van der Waals surface area (Å²) in [6.45, 7) is 7.11. The molecule has 0 aliphatic carbocycles. The molecule has 3 aromatic carbocycles. The number of aliphatic hydroxyl groups excluding tert-OH is 1. The van der Waals surface area contributed by atoms with E-state index in [1.807, 2.05) is 24.5 Å². The number of anilines is 1. The van der Waals surface area contributed by atoms with E-state index in [1.165, 1.54) is 12.1 Å². The van der Waals surface area contributed by atoms with E-state index in [1.54, 1.807) is 67.8 Å². The number of hydrogen-bond donors (Lipinski definition) is 3. The fourth-order valence-corrected chi connectivity index (χ4v) is 5.25. The first-order valence-electron chi connectivity index (χ1n) is 12.8. The van der Waals surface area contributed by atoms with Crippen LogP contribution in [0.5, 0.6) is 0 Å². The molecular weight excluding hydrogens is 516 g/mol. The maximum atomic E-state index is 12.7. The van der Waals surface area contributed by atoms with Crippen molar-refractivity contribution in [1.82, 2.24) is 14.9 Å². The molecule has 0 saturated heterocycles. The lowest BCUT2D eigenvalue weighted by atomic mass is 9.99. The molecule has 0 radical (unpaired) electrons. The first kappa shape index (κ1) is 28.3. The third-order valence-electron chi connectivity index (χ3n) is 6.46. The topological polar surface area (TPSA) is 123 Å². The summed E-state index contributed by atoms with van der Waals surface area (Å²) >= 11 is 0. The van der Waals surface area contributed by atoms with Crippen molar-refractivity contribution in [3.8, 4) is 0 Å². The van der Waals surface area contributed by atoms with Crippen LogP contribution < -0.4 is 10.0 Å². The Morgan fingerprint density at radius 1 is 1.08 bits per heavy atom. The van der Waals surface area contributed by atoms with Gasteiger partial charge in [0.1, 0.15) is 0 Å². The minimum absolute atomic E-state index is 0.169. The number of rotatable bonds is 12. The number of benzene rings is 3. The van der Waals surface area contributed by atoms with Crippen molar-refractivity contribution in [3.05, 3.63) is 90.3 Å². The van der Waals surface area contributed by atoms with Gasteiger partial charge >= 0.3 is 5.97 Å². The molecule has 1 unspecified atom stereocenters. The molecule has 3 N–H and O–H groups in total. The number of carbonyl (C=O) groups excluding carboxylic acids is 1. The van der Waals surface area contributed by atoms with Crippen molar-refractivity contribution in [1.29, 1.82) is 0 Å². The Bertz CT molecular complexity index is 1530. The first-order chi connectivity index (χ1) is 18.6. The van der Waals surface area contributed by atoms with E-state index in [0.717, 1.165) is 17.5 Å². The Morgan fingerprint density at radius 3 is 2.59 bits per heavy atom. The molecule has 4 rings (SSSR count).